The standard InChI is InChI=1S/C22H23FN2O2S/c1-4-19(26)25-14-21(2,3)28-22(25)17-7-5-6-8-18(17)24(20(22)27)13-15-9-11-16(23)12-10-15/h5-12H,4,13-14H2,1-3H3/t22-/m0/s1. The first-order chi connectivity index (χ1) is 13.3. The van der Waals surface area contributed by atoms with E-state index in [1.54, 1.807) is 33.7 Å². The summed E-state index contributed by atoms with van der Waals surface area (Å²) in [4.78, 5) is 29.1. The Morgan fingerprint density at radius 1 is 1.14 bits per heavy atom. The van der Waals surface area contributed by atoms with E-state index in [0.29, 0.717) is 19.5 Å². The highest BCUT2D eigenvalue weighted by molar-refractivity contribution is 8.02. The molecule has 0 aromatic heterocycles. The Kier molecular flexibility index (Phi) is 4.49. The van der Waals surface area contributed by atoms with Crippen molar-refractivity contribution in [3.05, 3.63) is 65.5 Å². The second-order valence-corrected chi connectivity index (χ2v) is 9.77. The molecule has 2 amide bonds. The SMILES string of the molecule is CCC(=O)N1CC(C)(C)S[C@@]12C(=O)N(Cc1ccc(F)cc1)c1ccccc12. The van der Waals surface area contributed by atoms with E-state index in [0.717, 1.165) is 16.8 Å². The van der Waals surface area contributed by atoms with Gasteiger partial charge in [0.15, 0.2) is 4.87 Å². The topological polar surface area (TPSA) is 40.6 Å². The van der Waals surface area contributed by atoms with Crippen LogP contribution in [-0.4, -0.2) is 28.0 Å². The predicted octanol–water partition coefficient (Wildman–Crippen LogP) is 4.29. The van der Waals surface area contributed by atoms with Crippen molar-refractivity contribution in [1.82, 2.24) is 4.90 Å². The number of amides is 2. The number of carbonyl (C=O) groups excluding carboxylic acids is 2. The van der Waals surface area contributed by atoms with Crippen molar-refractivity contribution in [3.63, 3.8) is 0 Å². The Bertz CT molecular complexity index is 944. The number of fused-ring (bicyclic) bond motifs is 2. The summed E-state index contributed by atoms with van der Waals surface area (Å²) < 4.78 is 13.1. The average Bonchev–Trinajstić information content (AvgIpc) is 3.09. The molecule has 1 fully saturated rings. The largest absolute Gasteiger partial charge is 0.314 e. The van der Waals surface area contributed by atoms with Crippen LogP contribution in [0.1, 0.15) is 38.3 Å². The Hall–Kier alpha value is -2.34. The third-order valence-electron chi connectivity index (χ3n) is 5.30. The lowest BCUT2D eigenvalue weighted by atomic mass is 10.0. The van der Waals surface area contributed by atoms with Gasteiger partial charge in [-0.15, -0.1) is 11.8 Å². The summed E-state index contributed by atoms with van der Waals surface area (Å²) in [6, 6.07) is 13.9. The van der Waals surface area contributed by atoms with Crippen molar-refractivity contribution in [2.24, 2.45) is 0 Å². The third kappa shape index (κ3) is 2.82. The number of hydrogen-bond donors (Lipinski definition) is 0. The van der Waals surface area contributed by atoms with E-state index in [-0.39, 0.29) is 22.4 Å². The van der Waals surface area contributed by atoms with Gasteiger partial charge in [0.2, 0.25) is 5.91 Å². The first kappa shape index (κ1) is 19.0. The van der Waals surface area contributed by atoms with E-state index in [1.165, 1.54) is 12.1 Å². The first-order valence-corrected chi connectivity index (χ1v) is 10.3. The van der Waals surface area contributed by atoms with E-state index in [2.05, 4.69) is 13.8 Å². The summed E-state index contributed by atoms with van der Waals surface area (Å²) in [5, 5.41) is 0. The molecule has 28 heavy (non-hydrogen) atoms. The van der Waals surface area contributed by atoms with E-state index in [9.17, 15) is 14.0 Å². The molecule has 1 atom stereocenters. The van der Waals surface area contributed by atoms with Gasteiger partial charge in [0, 0.05) is 23.3 Å². The molecule has 2 aromatic carbocycles. The van der Waals surface area contributed by atoms with Gasteiger partial charge in [-0.05, 0) is 37.6 Å². The molecule has 2 heterocycles. The van der Waals surface area contributed by atoms with Crippen LogP contribution in [0.25, 0.3) is 0 Å². The zero-order valence-electron chi connectivity index (χ0n) is 16.2. The highest BCUT2D eigenvalue weighted by atomic mass is 32.2. The summed E-state index contributed by atoms with van der Waals surface area (Å²) in [5.74, 6) is -0.429. The molecule has 0 aliphatic carbocycles. The Labute approximate surface area is 168 Å². The van der Waals surface area contributed by atoms with Gasteiger partial charge in [0.05, 0.1) is 12.2 Å². The van der Waals surface area contributed by atoms with Crippen molar-refractivity contribution >= 4 is 29.3 Å². The quantitative estimate of drug-likeness (QED) is 0.774. The maximum Gasteiger partial charge on any atom is 0.268 e. The van der Waals surface area contributed by atoms with Crippen LogP contribution in [-0.2, 0) is 21.0 Å². The van der Waals surface area contributed by atoms with Crippen molar-refractivity contribution in [2.45, 2.75) is 43.4 Å². The van der Waals surface area contributed by atoms with Gasteiger partial charge < -0.3 is 9.80 Å². The normalized spacial score (nSPS) is 22.8. The summed E-state index contributed by atoms with van der Waals surface area (Å²) >= 11 is 1.55. The van der Waals surface area contributed by atoms with Gasteiger partial charge in [-0.1, -0.05) is 37.3 Å². The summed E-state index contributed by atoms with van der Waals surface area (Å²) in [7, 11) is 0. The third-order valence-corrected chi connectivity index (χ3v) is 6.89. The van der Waals surface area contributed by atoms with Gasteiger partial charge in [0.1, 0.15) is 5.82 Å². The second-order valence-electron chi connectivity index (χ2n) is 7.87. The van der Waals surface area contributed by atoms with Gasteiger partial charge >= 0.3 is 0 Å². The van der Waals surface area contributed by atoms with Crippen LogP contribution >= 0.6 is 11.8 Å². The van der Waals surface area contributed by atoms with E-state index in [1.807, 2.05) is 31.2 Å². The van der Waals surface area contributed by atoms with Crippen LogP contribution in [0.2, 0.25) is 0 Å². The zero-order chi connectivity index (χ0) is 20.1. The molecule has 4 rings (SSSR count). The van der Waals surface area contributed by atoms with E-state index < -0.39 is 4.87 Å². The minimum absolute atomic E-state index is 0.0233. The minimum atomic E-state index is -1.03. The van der Waals surface area contributed by atoms with Gasteiger partial charge in [0.25, 0.3) is 5.91 Å². The first-order valence-electron chi connectivity index (χ1n) is 9.45. The maximum absolute atomic E-state index is 13.8. The lowest BCUT2D eigenvalue weighted by molar-refractivity contribution is -0.140. The minimum Gasteiger partial charge on any atom is -0.314 e. The van der Waals surface area contributed by atoms with Crippen molar-refractivity contribution in [1.29, 1.82) is 0 Å². The van der Waals surface area contributed by atoms with Crippen LogP contribution in [0.3, 0.4) is 0 Å². The summed E-state index contributed by atoms with van der Waals surface area (Å²) in [5.41, 5.74) is 2.52. The fraction of sp³-hybridized carbons (Fsp3) is 0.364. The number of rotatable bonds is 3. The lowest BCUT2D eigenvalue weighted by Crippen LogP contribution is -2.50. The number of benzene rings is 2. The molecule has 0 radical (unpaired) electrons. The Balaban J connectivity index is 1.82. The number of anilines is 1. The van der Waals surface area contributed by atoms with Gasteiger partial charge in [-0.3, -0.25) is 9.59 Å². The molecule has 2 aromatic rings. The number of hydrogen-bond acceptors (Lipinski definition) is 3. The van der Waals surface area contributed by atoms with Gasteiger partial charge in [-0.25, -0.2) is 4.39 Å². The average molecular weight is 399 g/mol. The monoisotopic (exact) mass is 398 g/mol. The number of thioether (sulfide) groups is 1. The van der Waals surface area contributed by atoms with E-state index >= 15 is 0 Å². The van der Waals surface area contributed by atoms with Crippen LogP contribution in [0.4, 0.5) is 10.1 Å². The van der Waals surface area contributed by atoms with E-state index in [4.69, 9.17) is 0 Å². The number of halogens is 1. The van der Waals surface area contributed by atoms with Gasteiger partial charge in [-0.2, -0.15) is 0 Å². The van der Waals surface area contributed by atoms with Crippen LogP contribution in [0.5, 0.6) is 0 Å². The molecule has 4 nitrogen and oxygen atoms in total. The Morgan fingerprint density at radius 2 is 1.82 bits per heavy atom. The van der Waals surface area contributed by atoms with Crippen LogP contribution < -0.4 is 4.90 Å². The molecular weight excluding hydrogens is 375 g/mol. The molecule has 1 saturated heterocycles. The fourth-order valence-electron chi connectivity index (χ4n) is 4.13. The second kappa shape index (κ2) is 6.62. The van der Waals surface area contributed by atoms with Crippen LogP contribution in [0.15, 0.2) is 48.5 Å². The Morgan fingerprint density at radius 3 is 2.50 bits per heavy atom. The zero-order valence-corrected chi connectivity index (χ0v) is 17.1. The van der Waals surface area contributed by atoms with Crippen molar-refractivity contribution in [3.8, 4) is 0 Å². The fourth-order valence-corrected chi connectivity index (χ4v) is 5.88. The van der Waals surface area contributed by atoms with Crippen molar-refractivity contribution < 1.29 is 14.0 Å². The molecule has 146 valence electrons. The highest BCUT2D eigenvalue weighted by Gasteiger charge is 2.63. The lowest BCUT2D eigenvalue weighted by Gasteiger charge is -2.33. The summed E-state index contributed by atoms with van der Waals surface area (Å²) in [6.45, 7) is 6.83. The molecular formula is C22H23FN2O2S. The highest BCUT2D eigenvalue weighted by Crippen LogP contribution is 2.59. The predicted molar refractivity (Wildman–Crippen MR) is 109 cm³/mol. The molecule has 0 saturated carbocycles. The number of carbonyl (C=O) groups is 2. The molecule has 0 unspecified atom stereocenters. The number of para-hydroxylation sites is 1. The molecule has 0 N–H and O–H groups in total. The van der Waals surface area contributed by atoms with Crippen molar-refractivity contribution in [2.75, 3.05) is 11.4 Å². The maximum atomic E-state index is 13.8. The molecule has 2 aliphatic heterocycles. The number of nitrogens with zero attached hydrogens (tertiary/aromatic N) is 2. The molecule has 2 aliphatic rings. The summed E-state index contributed by atoms with van der Waals surface area (Å²) in [6.07, 6.45) is 0.353. The van der Waals surface area contributed by atoms with Crippen LogP contribution in [0, 0.1) is 5.82 Å². The molecule has 6 heteroatoms. The molecule has 1 spiro atoms. The smallest absolute Gasteiger partial charge is 0.268 e. The molecule has 0 bridgehead atoms.